The first-order valence-electron chi connectivity index (χ1n) is 6.09. The van der Waals surface area contributed by atoms with Crippen LogP contribution in [0.4, 0.5) is 5.82 Å². The molecule has 7 nitrogen and oxygen atoms in total. The number of aromatic nitrogens is 2. The van der Waals surface area contributed by atoms with Gasteiger partial charge in [0.1, 0.15) is 0 Å². The molecule has 3 N–H and O–H groups in total. The molecule has 0 spiro atoms. The molecule has 0 amide bonds. The van der Waals surface area contributed by atoms with E-state index < -0.39 is 10.0 Å². The molecule has 0 aromatic carbocycles. The molecule has 112 valence electrons. The van der Waals surface area contributed by atoms with Gasteiger partial charge in [-0.2, -0.15) is 0 Å². The molecule has 0 bridgehead atoms. The summed E-state index contributed by atoms with van der Waals surface area (Å²) in [6.45, 7) is 4.14. The molecule has 0 radical (unpaired) electrons. The summed E-state index contributed by atoms with van der Waals surface area (Å²) in [5.74, 6) is 0.0982. The minimum atomic E-state index is -3.76. The Kier molecular flexibility index (Phi) is 4.33. The molecule has 2 aromatic heterocycles. The Balaban J connectivity index is 2.39. The Hall–Kier alpha value is -1.16. The molecule has 2 rings (SSSR count). The maximum atomic E-state index is 12.5. The first-order valence-corrected chi connectivity index (χ1v) is 8.45. The molecule has 2 heterocycles. The third-order valence-electron chi connectivity index (χ3n) is 2.96. The Morgan fingerprint density at radius 2 is 2.25 bits per heavy atom. The zero-order valence-corrected chi connectivity index (χ0v) is 13.2. The highest BCUT2D eigenvalue weighted by molar-refractivity contribution is 7.89. The molecular formula is C11H18N4O3S2. The monoisotopic (exact) mass is 318 g/mol. The van der Waals surface area contributed by atoms with Crippen LogP contribution in [-0.2, 0) is 14.8 Å². The fourth-order valence-electron chi connectivity index (χ4n) is 1.85. The van der Waals surface area contributed by atoms with Gasteiger partial charge in [0.25, 0.3) is 10.0 Å². The van der Waals surface area contributed by atoms with Crippen molar-refractivity contribution in [3.05, 3.63) is 11.6 Å². The third kappa shape index (κ3) is 2.80. The first kappa shape index (κ1) is 15.2. The topological polar surface area (TPSA) is 98.7 Å². The SMILES string of the molecule is COCC(NS(=O)(=O)c1c(N)nc2sccn12)C(C)C. The van der Waals surface area contributed by atoms with Crippen molar-refractivity contribution < 1.29 is 13.2 Å². The normalized spacial score (nSPS) is 14.2. The smallest absolute Gasteiger partial charge is 0.260 e. The van der Waals surface area contributed by atoms with Gasteiger partial charge in [-0.1, -0.05) is 13.8 Å². The summed E-state index contributed by atoms with van der Waals surface area (Å²) in [7, 11) is -2.22. The summed E-state index contributed by atoms with van der Waals surface area (Å²) in [6, 6.07) is -0.325. The average Bonchev–Trinajstić information content (AvgIpc) is 2.86. The van der Waals surface area contributed by atoms with E-state index in [1.165, 1.54) is 22.8 Å². The van der Waals surface area contributed by atoms with Gasteiger partial charge in [-0.15, -0.1) is 11.3 Å². The third-order valence-corrected chi connectivity index (χ3v) is 5.24. The summed E-state index contributed by atoms with van der Waals surface area (Å²) in [5.41, 5.74) is 5.73. The van der Waals surface area contributed by atoms with Gasteiger partial charge in [0.15, 0.2) is 15.8 Å². The lowest BCUT2D eigenvalue weighted by molar-refractivity contribution is 0.157. The highest BCUT2D eigenvalue weighted by Crippen LogP contribution is 2.23. The van der Waals surface area contributed by atoms with Gasteiger partial charge in [0.2, 0.25) is 0 Å². The van der Waals surface area contributed by atoms with E-state index in [1.54, 1.807) is 11.6 Å². The van der Waals surface area contributed by atoms with E-state index in [4.69, 9.17) is 10.5 Å². The van der Waals surface area contributed by atoms with Crippen LogP contribution in [-0.4, -0.2) is 37.6 Å². The number of nitrogens with zero attached hydrogens (tertiary/aromatic N) is 2. The molecule has 0 aliphatic heterocycles. The van der Waals surface area contributed by atoms with Crippen LogP contribution in [0.15, 0.2) is 16.6 Å². The number of fused-ring (bicyclic) bond motifs is 1. The standard InChI is InChI=1S/C11H18N4O3S2/c1-7(2)8(6-18-3)14-20(16,17)10-9(12)13-11-15(10)4-5-19-11/h4-5,7-8,14H,6,12H2,1-3H3. The molecule has 0 saturated heterocycles. The van der Waals surface area contributed by atoms with E-state index in [-0.39, 0.29) is 22.8 Å². The largest absolute Gasteiger partial charge is 0.383 e. The summed E-state index contributed by atoms with van der Waals surface area (Å²) >= 11 is 1.33. The number of anilines is 1. The van der Waals surface area contributed by atoms with Gasteiger partial charge in [-0.05, 0) is 5.92 Å². The van der Waals surface area contributed by atoms with E-state index in [2.05, 4.69) is 9.71 Å². The number of hydrogen-bond donors (Lipinski definition) is 2. The fourth-order valence-corrected chi connectivity index (χ4v) is 4.20. The van der Waals surface area contributed by atoms with Crippen LogP contribution in [0.3, 0.4) is 0 Å². The summed E-state index contributed by atoms with van der Waals surface area (Å²) < 4.78 is 34.2. The van der Waals surface area contributed by atoms with Crippen molar-refractivity contribution in [2.45, 2.75) is 24.9 Å². The van der Waals surface area contributed by atoms with Gasteiger partial charge in [0, 0.05) is 24.7 Å². The Morgan fingerprint density at radius 3 is 2.85 bits per heavy atom. The average molecular weight is 318 g/mol. The maximum Gasteiger partial charge on any atom is 0.260 e. The first-order chi connectivity index (χ1) is 9.36. The van der Waals surface area contributed by atoms with Gasteiger partial charge in [0.05, 0.1) is 6.61 Å². The molecule has 1 unspecified atom stereocenters. The highest BCUT2D eigenvalue weighted by Gasteiger charge is 2.28. The fraction of sp³-hybridized carbons (Fsp3) is 0.545. The number of ether oxygens (including phenoxy) is 1. The van der Waals surface area contributed by atoms with E-state index in [9.17, 15) is 8.42 Å². The van der Waals surface area contributed by atoms with Crippen molar-refractivity contribution in [2.24, 2.45) is 5.92 Å². The summed E-state index contributed by atoms with van der Waals surface area (Å²) in [5, 5.41) is 1.74. The number of hydrogen-bond acceptors (Lipinski definition) is 6. The number of rotatable bonds is 6. The highest BCUT2D eigenvalue weighted by atomic mass is 32.2. The predicted octanol–water partition coefficient (Wildman–Crippen LogP) is 0.927. The maximum absolute atomic E-state index is 12.5. The number of imidazole rings is 1. The molecule has 0 saturated carbocycles. The van der Waals surface area contributed by atoms with Crippen LogP contribution in [0, 0.1) is 5.92 Å². The van der Waals surface area contributed by atoms with E-state index in [1.807, 2.05) is 13.8 Å². The van der Waals surface area contributed by atoms with Crippen molar-refractivity contribution in [1.82, 2.24) is 14.1 Å². The lowest BCUT2D eigenvalue weighted by Gasteiger charge is -2.21. The lowest BCUT2D eigenvalue weighted by atomic mass is 10.1. The van der Waals surface area contributed by atoms with E-state index in [0.717, 1.165) is 0 Å². The number of nitrogen functional groups attached to an aromatic ring is 1. The van der Waals surface area contributed by atoms with Crippen LogP contribution in [0.5, 0.6) is 0 Å². The zero-order valence-electron chi connectivity index (χ0n) is 11.5. The van der Waals surface area contributed by atoms with Gasteiger partial charge < -0.3 is 10.5 Å². The Labute approximate surface area is 121 Å². The Bertz CT molecular complexity index is 690. The number of nitrogens with one attached hydrogen (secondary N) is 1. The van der Waals surface area contributed by atoms with Gasteiger partial charge >= 0.3 is 0 Å². The molecule has 9 heteroatoms. The van der Waals surface area contributed by atoms with Gasteiger partial charge in [-0.25, -0.2) is 18.1 Å². The van der Waals surface area contributed by atoms with E-state index >= 15 is 0 Å². The minimum Gasteiger partial charge on any atom is -0.383 e. The predicted molar refractivity (Wildman–Crippen MR) is 78.3 cm³/mol. The minimum absolute atomic E-state index is 0.00396. The van der Waals surface area contributed by atoms with Crippen LogP contribution >= 0.6 is 11.3 Å². The van der Waals surface area contributed by atoms with Crippen molar-refractivity contribution in [3.8, 4) is 0 Å². The number of methoxy groups -OCH3 is 1. The van der Waals surface area contributed by atoms with Crippen LogP contribution in [0.1, 0.15) is 13.8 Å². The van der Waals surface area contributed by atoms with Crippen molar-refractivity contribution in [2.75, 3.05) is 19.5 Å². The van der Waals surface area contributed by atoms with Crippen LogP contribution in [0.2, 0.25) is 0 Å². The second-order valence-electron chi connectivity index (χ2n) is 4.78. The van der Waals surface area contributed by atoms with E-state index in [0.29, 0.717) is 11.6 Å². The Morgan fingerprint density at radius 1 is 1.55 bits per heavy atom. The van der Waals surface area contributed by atoms with Crippen molar-refractivity contribution in [1.29, 1.82) is 0 Å². The van der Waals surface area contributed by atoms with Gasteiger partial charge in [-0.3, -0.25) is 4.40 Å². The number of nitrogens with two attached hydrogens (primary N) is 1. The lowest BCUT2D eigenvalue weighted by Crippen LogP contribution is -2.42. The summed E-state index contributed by atoms with van der Waals surface area (Å²) in [4.78, 5) is 4.60. The molecule has 20 heavy (non-hydrogen) atoms. The quantitative estimate of drug-likeness (QED) is 0.825. The van der Waals surface area contributed by atoms with Crippen molar-refractivity contribution >= 4 is 32.1 Å². The number of thiazole rings is 1. The molecule has 0 fully saturated rings. The molecule has 2 aromatic rings. The molecular weight excluding hydrogens is 300 g/mol. The zero-order chi connectivity index (χ0) is 14.9. The van der Waals surface area contributed by atoms with Crippen LogP contribution in [0.25, 0.3) is 4.96 Å². The summed E-state index contributed by atoms with van der Waals surface area (Å²) in [6.07, 6.45) is 1.64. The second-order valence-corrected chi connectivity index (χ2v) is 7.29. The van der Waals surface area contributed by atoms with Crippen LogP contribution < -0.4 is 10.5 Å². The molecule has 0 aliphatic carbocycles. The molecule has 0 aliphatic rings. The number of sulfonamides is 1. The second kappa shape index (κ2) is 5.68. The van der Waals surface area contributed by atoms with Crippen molar-refractivity contribution in [3.63, 3.8) is 0 Å². The molecule has 1 atom stereocenters.